The van der Waals surface area contributed by atoms with Gasteiger partial charge in [-0.15, -0.1) is 0 Å². The Morgan fingerprint density at radius 3 is 2.83 bits per heavy atom. The van der Waals surface area contributed by atoms with Crippen LogP contribution in [0.5, 0.6) is 0 Å². The van der Waals surface area contributed by atoms with Crippen LogP contribution in [0.25, 0.3) is 0 Å². The van der Waals surface area contributed by atoms with Gasteiger partial charge in [0.25, 0.3) is 9.05 Å². The largest absolute Gasteiger partial charge is 0.264 e. The third-order valence-corrected chi connectivity index (χ3v) is 2.73. The van der Waals surface area contributed by atoms with Crippen LogP contribution in [0.1, 0.15) is 6.92 Å². The third-order valence-electron chi connectivity index (χ3n) is 1.39. The summed E-state index contributed by atoms with van der Waals surface area (Å²) in [6.07, 6.45) is 6.12. The van der Waals surface area contributed by atoms with Crippen LogP contribution in [0.4, 0.5) is 0 Å². The highest BCUT2D eigenvalue weighted by Crippen LogP contribution is 2.15. The average Bonchev–Trinajstić information content (AvgIpc) is 2.11. The maximum atomic E-state index is 10.9. The number of hydrogen-bond donors (Lipinski definition) is 0. The van der Waals surface area contributed by atoms with E-state index >= 15 is 0 Å². The van der Waals surface area contributed by atoms with Gasteiger partial charge in [0.05, 0.1) is 4.91 Å². The maximum Gasteiger partial charge on any atom is 0.262 e. The summed E-state index contributed by atoms with van der Waals surface area (Å²) in [4.78, 5) is 3.79. The second-order valence-electron chi connectivity index (χ2n) is 2.49. The van der Waals surface area contributed by atoms with Crippen molar-refractivity contribution in [3.8, 4) is 0 Å². The van der Waals surface area contributed by atoms with Crippen LogP contribution in [-0.2, 0) is 9.05 Å². The molecular formula is C7H8ClNO2S. The number of aliphatic imine (C=N–C) groups is 1. The van der Waals surface area contributed by atoms with E-state index in [0.29, 0.717) is 0 Å². The van der Waals surface area contributed by atoms with E-state index in [4.69, 9.17) is 10.7 Å². The van der Waals surface area contributed by atoms with Gasteiger partial charge in [-0.25, -0.2) is 8.42 Å². The van der Waals surface area contributed by atoms with Gasteiger partial charge in [-0.05, 0) is 5.92 Å². The zero-order chi connectivity index (χ0) is 9.19. The molecule has 3 nitrogen and oxygen atoms in total. The number of rotatable bonds is 1. The van der Waals surface area contributed by atoms with Crippen LogP contribution in [0.15, 0.2) is 28.2 Å². The van der Waals surface area contributed by atoms with Crippen molar-refractivity contribution in [1.82, 2.24) is 0 Å². The summed E-state index contributed by atoms with van der Waals surface area (Å²) in [6, 6.07) is 0. The number of nitrogens with zero attached hydrogens (tertiary/aromatic N) is 1. The van der Waals surface area contributed by atoms with E-state index < -0.39 is 9.05 Å². The fourth-order valence-corrected chi connectivity index (χ4v) is 1.64. The van der Waals surface area contributed by atoms with Crippen molar-refractivity contribution in [1.29, 1.82) is 0 Å². The van der Waals surface area contributed by atoms with Crippen molar-refractivity contribution in [2.24, 2.45) is 10.9 Å². The van der Waals surface area contributed by atoms with Crippen LogP contribution in [0, 0.1) is 5.92 Å². The molecule has 0 aromatic carbocycles. The molecular weight excluding hydrogens is 198 g/mol. The molecule has 0 saturated carbocycles. The first-order valence-corrected chi connectivity index (χ1v) is 5.67. The summed E-state index contributed by atoms with van der Waals surface area (Å²) >= 11 is 0. The van der Waals surface area contributed by atoms with E-state index in [9.17, 15) is 8.42 Å². The Balaban J connectivity index is 3.08. The second kappa shape index (κ2) is 3.41. The van der Waals surface area contributed by atoms with E-state index in [1.54, 1.807) is 18.4 Å². The Morgan fingerprint density at radius 1 is 1.58 bits per heavy atom. The van der Waals surface area contributed by atoms with Gasteiger partial charge in [0, 0.05) is 23.1 Å². The van der Waals surface area contributed by atoms with Crippen molar-refractivity contribution >= 4 is 25.9 Å². The van der Waals surface area contributed by atoms with Crippen molar-refractivity contribution in [3.63, 3.8) is 0 Å². The van der Waals surface area contributed by atoms with Gasteiger partial charge in [0.15, 0.2) is 0 Å². The molecule has 1 unspecified atom stereocenters. The zero-order valence-electron chi connectivity index (χ0n) is 6.44. The standard InChI is InChI=1S/C7H8ClNO2S/c1-6-2-3-9-5-7(4-6)12(8,10)11/h2-6H,1H3. The van der Waals surface area contributed by atoms with Gasteiger partial charge in [-0.1, -0.05) is 19.1 Å². The number of halogens is 1. The van der Waals surface area contributed by atoms with E-state index in [0.717, 1.165) is 0 Å². The molecule has 1 aliphatic rings. The molecule has 0 bridgehead atoms. The van der Waals surface area contributed by atoms with E-state index in [1.807, 2.05) is 6.92 Å². The van der Waals surface area contributed by atoms with Crippen LogP contribution in [0.3, 0.4) is 0 Å². The lowest BCUT2D eigenvalue weighted by atomic mass is 10.2. The Morgan fingerprint density at radius 2 is 2.25 bits per heavy atom. The molecule has 0 N–H and O–H groups in total. The monoisotopic (exact) mass is 205 g/mol. The van der Waals surface area contributed by atoms with Gasteiger partial charge >= 0.3 is 0 Å². The summed E-state index contributed by atoms with van der Waals surface area (Å²) in [7, 11) is 1.50. The van der Waals surface area contributed by atoms with E-state index in [2.05, 4.69) is 4.99 Å². The Labute approximate surface area is 75.9 Å². The summed E-state index contributed by atoms with van der Waals surface area (Å²) in [5.41, 5.74) is 0. The summed E-state index contributed by atoms with van der Waals surface area (Å²) in [5.74, 6) is 0.0380. The van der Waals surface area contributed by atoms with Gasteiger partial charge in [0.2, 0.25) is 0 Å². The molecule has 0 amide bonds. The minimum absolute atomic E-state index is 0.0380. The lowest BCUT2D eigenvalue weighted by Crippen LogP contribution is -1.97. The predicted molar refractivity (Wildman–Crippen MR) is 49.7 cm³/mol. The van der Waals surface area contributed by atoms with Crippen LogP contribution in [0.2, 0.25) is 0 Å². The predicted octanol–water partition coefficient (Wildman–Crippen LogP) is 1.67. The lowest BCUT2D eigenvalue weighted by Gasteiger charge is -1.97. The highest BCUT2D eigenvalue weighted by atomic mass is 35.7. The minimum Gasteiger partial charge on any atom is -0.264 e. The van der Waals surface area contributed by atoms with Crippen LogP contribution >= 0.6 is 10.7 Å². The SMILES string of the molecule is CC1C=CN=CC(S(=O)(=O)Cl)=C1. The highest BCUT2D eigenvalue weighted by molar-refractivity contribution is 8.17. The van der Waals surface area contributed by atoms with Crippen molar-refractivity contribution in [2.45, 2.75) is 6.92 Å². The molecule has 1 rings (SSSR count). The molecule has 0 fully saturated rings. The first kappa shape index (κ1) is 9.48. The van der Waals surface area contributed by atoms with Crippen molar-refractivity contribution in [2.75, 3.05) is 0 Å². The first-order valence-electron chi connectivity index (χ1n) is 3.36. The molecule has 0 aliphatic carbocycles. The normalized spacial score (nSPS) is 23.5. The molecule has 0 spiro atoms. The fourth-order valence-electron chi connectivity index (χ4n) is 0.804. The lowest BCUT2D eigenvalue weighted by molar-refractivity contribution is 0.616. The quantitative estimate of drug-likeness (QED) is 0.612. The molecule has 1 heterocycles. The first-order chi connectivity index (χ1) is 5.50. The van der Waals surface area contributed by atoms with E-state index in [-0.39, 0.29) is 10.8 Å². The molecule has 0 radical (unpaired) electrons. The van der Waals surface area contributed by atoms with Crippen molar-refractivity contribution in [3.05, 3.63) is 23.3 Å². The fraction of sp³-hybridized carbons (Fsp3) is 0.286. The zero-order valence-corrected chi connectivity index (χ0v) is 8.01. The third kappa shape index (κ3) is 2.46. The summed E-state index contributed by atoms with van der Waals surface area (Å²) < 4.78 is 21.7. The molecule has 0 aromatic rings. The average molecular weight is 206 g/mol. The Hall–Kier alpha value is -0.610. The van der Waals surface area contributed by atoms with Gasteiger partial charge in [0.1, 0.15) is 0 Å². The Bertz CT molecular complexity index is 354. The summed E-state index contributed by atoms with van der Waals surface area (Å²) in [5, 5.41) is 0. The Kier molecular flexibility index (Phi) is 2.69. The molecule has 0 saturated heterocycles. The molecule has 5 heteroatoms. The molecule has 1 atom stereocenters. The second-order valence-corrected chi connectivity index (χ2v) is 5.05. The summed E-state index contributed by atoms with van der Waals surface area (Å²) in [6.45, 7) is 1.85. The van der Waals surface area contributed by atoms with Crippen LogP contribution < -0.4 is 0 Å². The maximum absolute atomic E-state index is 10.9. The van der Waals surface area contributed by atoms with Gasteiger partial charge in [-0.3, -0.25) is 4.99 Å². The van der Waals surface area contributed by atoms with Crippen molar-refractivity contribution < 1.29 is 8.42 Å². The van der Waals surface area contributed by atoms with Crippen LogP contribution in [-0.4, -0.2) is 14.6 Å². The number of allylic oxidation sites excluding steroid dienone is 3. The topological polar surface area (TPSA) is 46.5 Å². The molecule has 0 aromatic heterocycles. The number of hydrogen-bond acceptors (Lipinski definition) is 3. The van der Waals surface area contributed by atoms with E-state index in [1.165, 1.54) is 6.21 Å². The molecule has 1 aliphatic heterocycles. The smallest absolute Gasteiger partial charge is 0.262 e. The highest BCUT2D eigenvalue weighted by Gasteiger charge is 2.13. The molecule has 66 valence electrons. The van der Waals surface area contributed by atoms with Gasteiger partial charge in [-0.2, -0.15) is 0 Å². The molecule has 12 heavy (non-hydrogen) atoms. The van der Waals surface area contributed by atoms with Gasteiger partial charge < -0.3 is 0 Å². The minimum atomic E-state index is -3.64.